The molecule has 0 bridgehead atoms. The summed E-state index contributed by atoms with van der Waals surface area (Å²) in [6, 6.07) is 7.64. The number of H-pyrrole nitrogens is 1. The van der Waals surface area contributed by atoms with Gasteiger partial charge >= 0.3 is 0 Å². The Kier molecular flexibility index (Phi) is 4.18. The molecule has 0 amide bonds. The van der Waals surface area contributed by atoms with Gasteiger partial charge in [0.1, 0.15) is 30.4 Å². The lowest BCUT2D eigenvalue weighted by Crippen LogP contribution is -2.15. The first-order valence-corrected chi connectivity index (χ1v) is 8.83. The standard InChI is InChI=1S/C21H22N2O4/c1-11-9-17-18(27-8-7-26-17)10-15(11)19-13(3)22-23-20(19)14-5-6-16(25-4)12(2)21(14)24/h5-6,9-10,24H,7-8H2,1-4H3,(H,22,23). The van der Waals surface area contributed by atoms with Gasteiger partial charge in [-0.2, -0.15) is 5.10 Å². The molecule has 6 heteroatoms. The highest BCUT2D eigenvalue weighted by molar-refractivity contribution is 5.88. The third-order valence-electron chi connectivity index (χ3n) is 4.96. The van der Waals surface area contributed by atoms with Crippen LogP contribution in [0.3, 0.4) is 0 Å². The number of methoxy groups -OCH3 is 1. The number of aromatic nitrogens is 2. The van der Waals surface area contributed by atoms with Gasteiger partial charge in [-0.15, -0.1) is 0 Å². The molecule has 3 aromatic rings. The summed E-state index contributed by atoms with van der Waals surface area (Å²) in [5.74, 6) is 2.29. The lowest BCUT2D eigenvalue weighted by molar-refractivity contribution is 0.171. The first-order valence-electron chi connectivity index (χ1n) is 8.83. The summed E-state index contributed by atoms with van der Waals surface area (Å²) in [5, 5.41) is 18.3. The van der Waals surface area contributed by atoms with Gasteiger partial charge in [0.15, 0.2) is 11.5 Å². The average Bonchev–Trinajstić information content (AvgIpc) is 3.04. The van der Waals surface area contributed by atoms with Gasteiger partial charge in [-0.3, -0.25) is 5.10 Å². The Labute approximate surface area is 157 Å². The second-order valence-corrected chi connectivity index (χ2v) is 6.67. The summed E-state index contributed by atoms with van der Waals surface area (Å²) in [6.07, 6.45) is 0. The maximum absolute atomic E-state index is 10.7. The normalized spacial score (nSPS) is 12.9. The van der Waals surface area contributed by atoms with Crippen LogP contribution in [0.5, 0.6) is 23.0 Å². The molecule has 0 saturated heterocycles. The van der Waals surface area contributed by atoms with Crippen molar-refractivity contribution in [2.24, 2.45) is 0 Å². The third kappa shape index (κ3) is 2.77. The van der Waals surface area contributed by atoms with E-state index in [1.807, 2.05) is 45.0 Å². The molecule has 1 aromatic heterocycles. The SMILES string of the molecule is COc1ccc(-c2n[nH]c(C)c2-c2cc3c(cc2C)OCCO3)c(O)c1C. The Balaban J connectivity index is 1.91. The number of rotatable bonds is 3. The zero-order valence-electron chi connectivity index (χ0n) is 15.8. The zero-order chi connectivity index (χ0) is 19.1. The van der Waals surface area contributed by atoms with Crippen LogP contribution in [0.15, 0.2) is 24.3 Å². The highest BCUT2D eigenvalue weighted by Crippen LogP contribution is 2.44. The van der Waals surface area contributed by atoms with Gasteiger partial charge < -0.3 is 19.3 Å². The van der Waals surface area contributed by atoms with Gasteiger partial charge in [-0.05, 0) is 56.2 Å². The van der Waals surface area contributed by atoms with Crippen LogP contribution in [0, 0.1) is 20.8 Å². The second kappa shape index (κ2) is 6.54. The van der Waals surface area contributed by atoms with Crippen molar-refractivity contribution in [1.29, 1.82) is 0 Å². The van der Waals surface area contributed by atoms with E-state index >= 15 is 0 Å². The van der Waals surface area contributed by atoms with Crippen molar-refractivity contribution in [3.63, 3.8) is 0 Å². The van der Waals surface area contributed by atoms with Gasteiger partial charge in [0.2, 0.25) is 0 Å². The Bertz CT molecular complexity index is 1020. The molecular weight excluding hydrogens is 344 g/mol. The van der Waals surface area contributed by atoms with E-state index in [-0.39, 0.29) is 5.75 Å². The molecule has 2 N–H and O–H groups in total. The van der Waals surface area contributed by atoms with Crippen LogP contribution in [0.2, 0.25) is 0 Å². The first-order chi connectivity index (χ1) is 13.0. The fourth-order valence-corrected chi connectivity index (χ4v) is 3.51. The first kappa shape index (κ1) is 17.3. The van der Waals surface area contributed by atoms with Gasteiger partial charge in [0.25, 0.3) is 0 Å². The maximum Gasteiger partial charge on any atom is 0.161 e. The van der Waals surface area contributed by atoms with Crippen LogP contribution in [0.4, 0.5) is 0 Å². The van der Waals surface area contributed by atoms with Crippen molar-refractivity contribution >= 4 is 0 Å². The van der Waals surface area contributed by atoms with Crippen molar-refractivity contribution in [3.8, 4) is 45.4 Å². The van der Waals surface area contributed by atoms with Crippen molar-refractivity contribution in [2.45, 2.75) is 20.8 Å². The number of aromatic amines is 1. The number of fused-ring (bicyclic) bond motifs is 1. The molecule has 27 heavy (non-hydrogen) atoms. The summed E-state index contributed by atoms with van der Waals surface area (Å²) in [5.41, 5.74) is 5.92. The fourth-order valence-electron chi connectivity index (χ4n) is 3.51. The summed E-state index contributed by atoms with van der Waals surface area (Å²) in [4.78, 5) is 0. The number of phenols is 1. The molecule has 0 saturated carbocycles. The zero-order valence-corrected chi connectivity index (χ0v) is 15.8. The maximum atomic E-state index is 10.7. The fraction of sp³-hybridized carbons (Fsp3) is 0.286. The number of ether oxygens (including phenoxy) is 3. The molecule has 1 aliphatic rings. The predicted molar refractivity (Wildman–Crippen MR) is 103 cm³/mol. The van der Waals surface area contributed by atoms with Crippen LogP contribution >= 0.6 is 0 Å². The monoisotopic (exact) mass is 366 g/mol. The number of aryl methyl sites for hydroxylation is 2. The number of hydrogen-bond acceptors (Lipinski definition) is 5. The van der Waals surface area contributed by atoms with E-state index in [9.17, 15) is 5.11 Å². The van der Waals surface area contributed by atoms with E-state index in [4.69, 9.17) is 14.2 Å². The van der Waals surface area contributed by atoms with Gasteiger partial charge in [0.05, 0.1) is 7.11 Å². The van der Waals surface area contributed by atoms with Crippen LogP contribution < -0.4 is 14.2 Å². The van der Waals surface area contributed by atoms with Gasteiger partial charge in [0, 0.05) is 22.4 Å². The van der Waals surface area contributed by atoms with Crippen molar-refractivity contribution in [1.82, 2.24) is 10.2 Å². The number of phenolic OH excluding ortho intramolecular Hbond substituents is 1. The largest absolute Gasteiger partial charge is 0.507 e. The Morgan fingerprint density at radius 3 is 2.44 bits per heavy atom. The Morgan fingerprint density at radius 1 is 1.04 bits per heavy atom. The van der Waals surface area contributed by atoms with E-state index < -0.39 is 0 Å². The highest BCUT2D eigenvalue weighted by Gasteiger charge is 2.23. The quantitative estimate of drug-likeness (QED) is 0.728. The second-order valence-electron chi connectivity index (χ2n) is 6.67. The van der Waals surface area contributed by atoms with Crippen LogP contribution in [0.25, 0.3) is 22.4 Å². The van der Waals surface area contributed by atoms with E-state index in [2.05, 4.69) is 10.2 Å². The molecular formula is C21H22N2O4. The van der Waals surface area contributed by atoms with Gasteiger partial charge in [-0.1, -0.05) is 0 Å². The molecule has 0 spiro atoms. The van der Waals surface area contributed by atoms with E-state index in [0.717, 1.165) is 33.9 Å². The number of hydrogen-bond donors (Lipinski definition) is 2. The molecule has 6 nitrogen and oxygen atoms in total. The molecule has 2 aromatic carbocycles. The minimum atomic E-state index is 0.164. The molecule has 1 aliphatic heterocycles. The summed E-state index contributed by atoms with van der Waals surface area (Å²) >= 11 is 0. The Morgan fingerprint density at radius 2 is 1.74 bits per heavy atom. The number of benzene rings is 2. The molecule has 0 radical (unpaired) electrons. The topological polar surface area (TPSA) is 76.6 Å². The Hall–Kier alpha value is -3.15. The van der Waals surface area contributed by atoms with Crippen LogP contribution in [0.1, 0.15) is 16.8 Å². The predicted octanol–water partition coefficient (Wildman–Crippen LogP) is 4.15. The van der Waals surface area contributed by atoms with Crippen LogP contribution in [-0.4, -0.2) is 35.6 Å². The molecule has 0 atom stereocenters. The number of aromatic hydroxyl groups is 1. The van der Waals surface area contributed by atoms with Gasteiger partial charge in [-0.25, -0.2) is 0 Å². The van der Waals surface area contributed by atoms with Crippen molar-refractivity contribution < 1.29 is 19.3 Å². The van der Waals surface area contributed by atoms with E-state index in [1.165, 1.54) is 0 Å². The molecule has 2 heterocycles. The molecule has 4 rings (SSSR count). The minimum Gasteiger partial charge on any atom is -0.507 e. The lowest BCUT2D eigenvalue weighted by atomic mass is 9.94. The minimum absolute atomic E-state index is 0.164. The molecule has 0 fully saturated rings. The molecule has 0 aliphatic carbocycles. The summed E-state index contributed by atoms with van der Waals surface area (Å²) in [6.45, 7) is 6.91. The summed E-state index contributed by atoms with van der Waals surface area (Å²) in [7, 11) is 1.59. The lowest BCUT2D eigenvalue weighted by Gasteiger charge is -2.21. The third-order valence-corrected chi connectivity index (χ3v) is 4.96. The van der Waals surface area contributed by atoms with E-state index in [0.29, 0.717) is 35.8 Å². The smallest absolute Gasteiger partial charge is 0.161 e. The highest BCUT2D eigenvalue weighted by atomic mass is 16.6. The van der Waals surface area contributed by atoms with Crippen LogP contribution in [-0.2, 0) is 0 Å². The summed E-state index contributed by atoms with van der Waals surface area (Å²) < 4.78 is 16.7. The average molecular weight is 366 g/mol. The van der Waals surface area contributed by atoms with E-state index in [1.54, 1.807) is 7.11 Å². The number of nitrogens with zero attached hydrogens (tertiary/aromatic N) is 1. The molecule has 140 valence electrons. The molecule has 0 unspecified atom stereocenters. The van der Waals surface area contributed by atoms with Crippen molar-refractivity contribution in [3.05, 3.63) is 41.1 Å². The number of nitrogens with one attached hydrogen (secondary N) is 1. The van der Waals surface area contributed by atoms with Crippen molar-refractivity contribution in [2.75, 3.05) is 20.3 Å².